The third-order valence-corrected chi connectivity index (χ3v) is 6.24. The van der Waals surface area contributed by atoms with E-state index in [1.165, 1.54) is 39.0 Å². The van der Waals surface area contributed by atoms with Crippen molar-refractivity contribution in [1.29, 1.82) is 5.26 Å². The molecule has 3 aromatic rings. The van der Waals surface area contributed by atoms with Gasteiger partial charge in [-0.2, -0.15) is 5.26 Å². The number of rotatable bonds is 7. The van der Waals surface area contributed by atoms with Gasteiger partial charge in [-0.1, -0.05) is 44.2 Å². The second kappa shape index (κ2) is 10.5. The lowest BCUT2D eigenvalue weighted by molar-refractivity contribution is 0.0733. The van der Waals surface area contributed by atoms with E-state index in [4.69, 9.17) is 29.4 Å². The van der Waals surface area contributed by atoms with Gasteiger partial charge in [0, 0.05) is 11.6 Å². The molecule has 0 bridgehead atoms. The summed E-state index contributed by atoms with van der Waals surface area (Å²) in [6.07, 6.45) is 0. The molecule has 4 rings (SSSR count). The van der Waals surface area contributed by atoms with Crippen LogP contribution in [0.5, 0.6) is 28.7 Å². The summed E-state index contributed by atoms with van der Waals surface area (Å²) in [6.45, 7) is 4.25. The predicted molar refractivity (Wildman–Crippen MR) is 137 cm³/mol. The first-order chi connectivity index (χ1) is 17.8. The third kappa shape index (κ3) is 4.89. The number of hydrogen-bond acceptors (Lipinski definition) is 8. The molecule has 1 aliphatic heterocycles. The maximum atomic E-state index is 13.0. The Morgan fingerprint density at radius 2 is 1.62 bits per heavy atom. The van der Waals surface area contributed by atoms with Crippen LogP contribution in [0.3, 0.4) is 0 Å². The molecule has 1 atom stereocenters. The van der Waals surface area contributed by atoms with Gasteiger partial charge in [-0.25, -0.2) is 4.79 Å². The van der Waals surface area contributed by atoms with Gasteiger partial charge in [0.25, 0.3) is 0 Å². The Morgan fingerprint density at radius 1 is 0.973 bits per heavy atom. The number of carbonyl (C=O) groups excluding carboxylic acids is 1. The highest BCUT2D eigenvalue weighted by atomic mass is 16.5. The molecule has 2 N–H and O–H groups in total. The fraction of sp³-hybridized carbons (Fsp3) is 0.241. The van der Waals surface area contributed by atoms with Crippen LogP contribution in [0, 0.1) is 11.3 Å². The average Bonchev–Trinajstić information content (AvgIpc) is 2.91. The van der Waals surface area contributed by atoms with E-state index >= 15 is 0 Å². The van der Waals surface area contributed by atoms with Crippen LogP contribution in [0.25, 0.3) is 0 Å². The molecule has 1 aliphatic rings. The molecule has 1 heterocycles. The van der Waals surface area contributed by atoms with E-state index in [-0.39, 0.29) is 17.2 Å². The van der Waals surface area contributed by atoms with Gasteiger partial charge in [0.15, 0.2) is 11.5 Å². The Morgan fingerprint density at radius 3 is 2.16 bits per heavy atom. The summed E-state index contributed by atoms with van der Waals surface area (Å²) in [7, 11) is 4.41. The second-order valence-electron chi connectivity index (χ2n) is 8.75. The van der Waals surface area contributed by atoms with Gasteiger partial charge in [0.2, 0.25) is 11.6 Å². The van der Waals surface area contributed by atoms with Gasteiger partial charge in [0.05, 0.1) is 32.8 Å². The van der Waals surface area contributed by atoms with Crippen molar-refractivity contribution in [3.05, 3.63) is 88.3 Å². The Labute approximate surface area is 215 Å². The Kier molecular flexibility index (Phi) is 7.25. The van der Waals surface area contributed by atoms with Crippen molar-refractivity contribution < 1.29 is 28.5 Å². The summed E-state index contributed by atoms with van der Waals surface area (Å²) < 4.78 is 27.3. The lowest BCUT2D eigenvalue weighted by Crippen LogP contribution is -2.21. The molecule has 0 fully saturated rings. The minimum Gasteiger partial charge on any atom is -0.493 e. The number of hydrogen-bond donors (Lipinski definition) is 1. The molecule has 0 spiro atoms. The summed E-state index contributed by atoms with van der Waals surface area (Å²) in [5, 5.41) is 9.82. The van der Waals surface area contributed by atoms with Crippen LogP contribution in [0.15, 0.2) is 66.1 Å². The first kappa shape index (κ1) is 25.5. The lowest BCUT2D eigenvalue weighted by Gasteiger charge is -2.27. The number of fused-ring (bicyclic) bond motifs is 1. The molecular weight excluding hydrogens is 472 g/mol. The topological polar surface area (TPSA) is 113 Å². The number of nitrogens with two attached hydrogens (primary N) is 1. The predicted octanol–water partition coefficient (Wildman–Crippen LogP) is 5.27. The minimum absolute atomic E-state index is 0.0149. The summed E-state index contributed by atoms with van der Waals surface area (Å²) in [5.74, 6) is 1.05. The number of nitriles is 1. The van der Waals surface area contributed by atoms with Gasteiger partial charge in [-0.15, -0.1) is 0 Å². The Balaban J connectivity index is 1.67. The van der Waals surface area contributed by atoms with Crippen LogP contribution in [0.1, 0.15) is 52.7 Å². The van der Waals surface area contributed by atoms with Crippen molar-refractivity contribution >= 4 is 5.97 Å². The highest BCUT2D eigenvalue weighted by Gasteiger charge is 2.31. The van der Waals surface area contributed by atoms with Crippen molar-refractivity contribution in [2.24, 2.45) is 5.73 Å². The lowest BCUT2D eigenvalue weighted by atomic mass is 9.83. The largest absolute Gasteiger partial charge is 0.493 e. The summed E-state index contributed by atoms with van der Waals surface area (Å²) >= 11 is 0. The van der Waals surface area contributed by atoms with Crippen molar-refractivity contribution in [1.82, 2.24) is 0 Å². The number of benzene rings is 3. The van der Waals surface area contributed by atoms with Crippen molar-refractivity contribution in [3.8, 4) is 34.8 Å². The van der Waals surface area contributed by atoms with Gasteiger partial charge in [-0.3, -0.25) is 0 Å². The second-order valence-corrected chi connectivity index (χ2v) is 8.75. The molecular formula is C29H28N2O6. The SMILES string of the molecule is COc1cc(C(=O)Oc2ccc3c(c2)OC(N)=C(C#N)C3c2ccc(C(C)C)cc2)cc(OC)c1OC. The molecule has 8 nitrogen and oxygen atoms in total. The number of carbonyl (C=O) groups is 1. The van der Waals surface area contributed by atoms with Crippen molar-refractivity contribution in [2.75, 3.05) is 21.3 Å². The van der Waals surface area contributed by atoms with Crippen LogP contribution in [0.4, 0.5) is 0 Å². The van der Waals surface area contributed by atoms with E-state index in [9.17, 15) is 10.1 Å². The summed E-state index contributed by atoms with van der Waals surface area (Å²) in [4.78, 5) is 13.0. The van der Waals surface area contributed by atoms with Gasteiger partial charge >= 0.3 is 5.97 Å². The molecule has 37 heavy (non-hydrogen) atoms. The van der Waals surface area contributed by atoms with Crippen LogP contribution in [0.2, 0.25) is 0 Å². The van der Waals surface area contributed by atoms with E-state index in [0.717, 1.165) is 11.1 Å². The smallest absolute Gasteiger partial charge is 0.343 e. The van der Waals surface area contributed by atoms with Crippen molar-refractivity contribution in [3.63, 3.8) is 0 Å². The minimum atomic E-state index is -0.628. The zero-order valence-corrected chi connectivity index (χ0v) is 21.3. The summed E-state index contributed by atoms with van der Waals surface area (Å²) in [6, 6.07) is 18.3. The standard InChI is InChI=1S/C29H28N2O6/c1-16(2)17-6-8-18(9-7-17)26-21-11-10-20(14-23(21)37-28(31)22(26)15-30)36-29(32)19-12-24(33-3)27(35-5)25(13-19)34-4/h6-14,16,26H,31H2,1-5H3. The first-order valence-electron chi connectivity index (χ1n) is 11.6. The molecule has 0 saturated heterocycles. The van der Waals surface area contributed by atoms with Crippen LogP contribution in [-0.4, -0.2) is 27.3 Å². The number of esters is 1. The quantitative estimate of drug-likeness (QED) is 0.345. The van der Waals surface area contributed by atoms with Crippen LogP contribution < -0.4 is 29.4 Å². The first-order valence-corrected chi connectivity index (χ1v) is 11.6. The fourth-order valence-corrected chi connectivity index (χ4v) is 4.28. The average molecular weight is 501 g/mol. The van der Waals surface area contributed by atoms with Gasteiger partial charge < -0.3 is 29.4 Å². The van der Waals surface area contributed by atoms with Crippen molar-refractivity contribution in [2.45, 2.75) is 25.7 Å². The van der Waals surface area contributed by atoms with E-state index in [0.29, 0.717) is 34.5 Å². The molecule has 0 radical (unpaired) electrons. The summed E-state index contributed by atoms with van der Waals surface area (Å²) in [5.41, 5.74) is 9.52. The zero-order chi connectivity index (χ0) is 26.7. The molecule has 0 saturated carbocycles. The fourth-order valence-electron chi connectivity index (χ4n) is 4.28. The highest BCUT2D eigenvalue weighted by molar-refractivity contribution is 5.92. The van der Waals surface area contributed by atoms with Crippen LogP contribution >= 0.6 is 0 Å². The number of allylic oxidation sites excluding steroid dienone is 1. The molecule has 1 unspecified atom stereocenters. The molecule has 8 heteroatoms. The van der Waals surface area contributed by atoms with Crippen LogP contribution in [-0.2, 0) is 0 Å². The Hall–Kier alpha value is -4.64. The van der Waals surface area contributed by atoms with Gasteiger partial charge in [-0.05, 0) is 35.2 Å². The van der Waals surface area contributed by atoms with E-state index in [2.05, 4.69) is 19.9 Å². The van der Waals surface area contributed by atoms with E-state index in [1.54, 1.807) is 18.2 Å². The van der Waals surface area contributed by atoms with E-state index in [1.807, 2.05) is 24.3 Å². The molecule has 190 valence electrons. The maximum Gasteiger partial charge on any atom is 0.343 e. The monoisotopic (exact) mass is 500 g/mol. The highest BCUT2D eigenvalue weighted by Crippen LogP contribution is 2.44. The maximum absolute atomic E-state index is 13.0. The number of ether oxygens (including phenoxy) is 5. The zero-order valence-electron chi connectivity index (χ0n) is 21.3. The molecule has 0 aliphatic carbocycles. The van der Waals surface area contributed by atoms with Gasteiger partial charge in [0.1, 0.15) is 23.1 Å². The number of methoxy groups -OCH3 is 3. The third-order valence-electron chi connectivity index (χ3n) is 6.24. The normalized spacial score (nSPS) is 14.4. The molecule has 0 aromatic heterocycles. The number of nitrogens with zero attached hydrogens (tertiary/aromatic N) is 1. The molecule has 0 amide bonds. The van der Waals surface area contributed by atoms with E-state index < -0.39 is 11.9 Å². The molecule has 3 aromatic carbocycles. The Bertz CT molecular complexity index is 1380.